The van der Waals surface area contributed by atoms with Gasteiger partial charge in [-0.1, -0.05) is 36.4 Å². The van der Waals surface area contributed by atoms with E-state index in [2.05, 4.69) is 4.74 Å². The molecule has 0 bridgehead atoms. The van der Waals surface area contributed by atoms with Gasteiger partial charge in [-0.05, 0) is 55.3 Å². The van der Waals surface area contributed by atoms with Crippen molar-refractivity contribution >= 4 is 27.8 Å². The Morgan fingerprint density at radius 2 is 1.78 bits per heavy atom. The molecule has 5 rings (SSSR count). The topological polar surface area (TPSA) is 84.6 Å². The van der Waals surface area contributed by atoms with Crippen molar-refractivity contribution in [1.29, 1.82) is 0 Å². The SMILES string of the molecule is Cc1c(-c2cc(C(=O)[O-])c3c(OCc4ccc(OC(F)F)cc4)ccc(C)c3n2)oc2ccccc12.[Na+]. The molecule has 182 valence electrons. The van der Waals surface area contributed by atoms with E-state index in [4.69, 9.17) is 14.1 Å². The second kappa shape index (κ2) is 10.9. The fourth-order valence-corrected chi connectivity index (χ4v) is 4.19. The van der Waals surface area contributed by atoms with E-state index < -0.39 is 12.6 Å². The molecule has 2 heterocycles. The fourth-order valence-electron chi connectivity index (χ4n) is 4.19. The summed E-state index contributed by atoms with van der Waals surface area (Å²) in [5.74, 6) is -0.548. The van der Waals surface area contributed by atoms with Crippen LogP contribution in [0.5, 0.6) is 11.5 Å². The number of carboxylic acids is 1. The monoisotopic (exact) mass is 511 g/mol. The Kier molecular flexibility index (Phi) is 7.82. The number of carbonyl (C=O) groups excluding carboxylic acids is 1. The molecule has 5 aromatic rings. The number of alkyl halides is 2. The Morgan fingerprint density at radius 3 is 2.46 bits per heavy atom. The molecule has 0 unspecified atom stereocenters. The number of benzene rings is 3. The van der Waals surface area contributed by atoms with Gasteiger partial charge in [0.25, 0.3) is 0 Å². The van der Waals surface area contributed by atoms with Gasteiger partial charge in [-0.2, -0.15) is 8.78 Å². The van der Waals surface area contributed by atoms with E-state index in [1.807, 2.05) is 38.1 Å². The molecule has 9 heteroatoms. The molecule has 6 nitrogen and oxygen atoms in total. The Morgan fingerprint density at radius 1 is 1.05 bits per heavy atom. The zero-order valence-corrected chi connectivity index (χ0v) is 22.4. The average Bonchev–Trinajstić information content (AvgIpc) is 3.20. The molecule has 0 radical (unpaired) electrons. The zero-order valence-electron chi connectivity index (χ0n) is 20.4. The first kappa shape index (κ1) is 26.6. The molecule has 37 heavy (non-hydrogen) atoms. The van der Waals surface area contributed by atoms with Crippen LogP contribution in [-0.4, -0.2) is 17.6 Å². The molecule has 0 fully saturated rings. The van der Waals surface area contributed by atoms with Crippen LogP contribution in [-0.2, 0) is 6.61 Å². The van der Waals surface area contributed by atoms with Crippen molar-refractivity contribution in [2.24, 2.45) is 0 Å². The zero-order chi connectivity index (χ0) is 25.4. The Balaban J connectivity index is 0.00000320. The molecule has 0 atom stereocenters. The number of nitrogens with zero attached hydrogens (tertiary/aromatic N) is 1. The molecule has 0 spiro atoms. The van der Waals surface area contributed by atoms with Gasteiger partial charge in [0, 0.05) is 16.5 Å². The van der Waals surface area contributed by atoms with Crippen molar-refractivity contribution in [3.05, 3.63) is 89.0 Å². The largest absolute Gasteiger partial charge is 1.00 e. The first-order valence-electron chi connectivity index (χ1n) is 11.1. The number of carboxylic acid groups (broad SMARTS) is 1. The molecule has 2 aromatic heterocycles. The molecular weight excluding hydrogens is 491 g/mol. The first-order chi connectivity index (χ1) is 17.3. The molecule has 3 aromatic carbocycles. The minimum Gasteiger partial charge on any atom is -0.545 e. The summed E-state index contributed by atoms with van der Waals surface area (Å²) in [6.07, 6.45) is 0. The maximum absolute atomic E-state index is 12.4. The predicted octanol–water partition coefficient (Wildman–Crippen LogP) is 2.81. The van der Waals surface area contributed by atoms with E-state index in [-0.39, 0.29) is 47.5 Å². The van der Waals surface area contributed by atoms with Crippen LogP contribution < -0.4 is 44.1 Å². The summed E-state index contributed by atoms with van der Waals surface area (Å²) in [7, 11) is 0. The van der Waals surface area contributed by atoms with E-state index in [1.54, 1.807) is 24.3 Å². The van der Waals surface area contributed by atoms with E-state index >= 15 is 0 Å². The van der Waals surface area contributed by atoms with Gasteiger partial charge in [0.1, 0.15) is 29.4 Å². The van der Waals surface area contributed by atoms with Crippen LogP contribution in [0.15, 0.2) is 71.1 Å². The second-order valence-electron chi connectivity index (χ2n) is 8.31. The predicted molar refractivity (Wildman–Crippen MR) is 128 cm³/mol. The van der Waals surface area contributed by atoms with Crippen LogP contribution >= 0.6 is 0 Å². The number of pyridine rings is 1. The molecule has 0 saturated heterocycles. The minimum atomic E-state index is -2.91. The van der Waals surface area contributed by atoms with Crippen LogP contribution in [0.2, 0.25) is 0 Å². The Bertz CT molecular complexity index is 1600. The Hall–Kier alpha value is -3.46. The summed E-state index contributed by atoms with van der Waals surface area (Å²) in [5.41, 5.74) is 3.72. The number of fused-ring (bicyclic) bond motifs is 2. The van der Waals surface area contributed by atoms with Gasteiger partial charge in [-0.3, -0.25) is 0 Å². The second-order valence-corrected chi connectivity index (χ2v) is 8.31. The number of para-hydroxylation sites is 1. The van der Waals surface area contributed by atoms with Gasteiger partial charge in [0.05, 0.1) is 16.9 Å². The van der Waals surface area contributed by atoms with Crippen molar-refractivity contribution in [3.8, 4) is 23.0 Å². The summed E-state index contributed by atoms with van der Waals surface area (Å²) >= 11 is 0. The summed E-state index contributed by atoms with van der Waals surface area (Å²) in [4.78, 5) is 17.0. The quantitative estimate of drug-likeness (QED) is 0.313. The van der Waals surface area contributed by atoms with Gasteiger partial charge >= 0.3 is 36.2 Å². The first-order valence-corrected chi connectivity index (χ1v) is 11.1. The van der Waals surface area contributed by atoms with E-state index in [9.17, 15) is 18.7 Å². The number of ether oxygens (including phenoxy) is 2. The van der Waals surface area contributed by atoms with Crippen LogP contribution in [0.4, 0.5) is 8.78 Å². The van der Waals surface area contributed by atoms with Gasteiger partial charge in [0.2, 0.25) is 0 Å². The van der Waals surface area contributed by atoms with E-state index in [0.717, 1.165) is 16.5 Å². The van der Waals surface area contributed by atoms with Gasteiger partial charge < -0.3 is 23.8 Å². The minimum absolute atomic E-state index is 0. The maximum atomic E-state index is 12.4. The number of aromatic carboxylic acids is 1. The number of aromatic nitrogens is 1. The van der Waals surface area contributed by atoms with Crippen LogP contribution in [0, 0.1) is 13.8 Å². The normalized spacial score (nSPS) is 11.1. The summed E-state index contributed by atoms with van der Waals surface area (Å²) in [6, 6.07) is 18.4. The van der Waals surface area contributed by atoms with Crippen molar-refractivity contribution in [1.82, 2.24) is 4.98 Å². The Labute approximate surface area is 233 Å². The fraction of sp³-hybridized carbons (Fsp3) is 0.143. The van der Waals surface area contributed by atoms with Crippen LogP contribution in [0.3, 0.4) is 0 Å². The maximum Gasteiger partial charge on any atom is 1.00 e. The van der Waals surface area contributed by atoms with Crippen molar-refractivity contribution in [3.63, 3.8) is 0 Å². The number of aryl methyl sites for hydroxylation is 2. The average molecular weight is 511 g/mol. The summed E-state index contributed by atoms with van der Waals surface area (Å²) in [5, 5.41) is 13.4. The molecule has 0 saturated carbocycles. The van der Waals surface area contributed by atoms with E-state index in [1.165, 1.54) is 18.2 Å². The van der Waals surface area contributed by atoms with Crippen LogP contribution in [0.25, 0.3) is 33.3 Å². The number of hydrogen-bond acceptors (Lipinski definition) is 6. The van der Waals surface area contributed by atoms with Crippen molar-refractivity contribution in [2.75, 3.05) is 0 Å². The van der Waals surface area contributed by atoms with Crippen molar-refractivity contribution in [2.45, 2.75) is 27.1 Å². The molecular formula is C28H20F2NNaO5. The van der Waals surface area contributed by atoms with Crippen LogP contribution in [0.1, 0.15) is 27.0 Å². The molecule has 0 amide bonds. The summed E-state index contributed by atoms with van der Waals surface area (Å²) < 4.78 is 41.1. The van der Waals surface area contributed by atoms with E-state index in [0.29, 0.717) is 39.3 Å². The third-order valence-electron chi connectivity index (χ3n) is 5.96. The molecule has 0 N–H and O–H groups in total. The smallest absolute Gasteiger partial charge is 0.545 e. The third-order valence-corrected chi connectivity index (χ3v) is 5.96. The van der Waals surface area contributed by atoms with Gasteiger partial charge in [-0.15, -0.1) is 0 Å². The number of carbonyl (C=O) groups is 1. The molecule has 0 aliphatic rings. The third kappa shape index (κ3) is 5.32. The molecule has 0 aliphatic heterocycles. The van der Waals surface area contributed by atoms with Gasteiger partial charge in [0.15, 0.2) is 5.76 Å². The summed E-state index contributed by atoms with van der Waals surface area (Å²) in [6.45, 7) is 0.893. The number of halogens is 2. The van der Waals surface area contributed by atoms with Crippen molar-refractivity contribution < 1.29 is 62.1 Å². The molecule has 0 aliphatic carbocycles. The van der Waals surface area contributed by atoms with Gasteiger partial charge in [-0.25, -0.2) is 4.98 Å². The standard InChI is InChI=1S/C28H21F2NO5.Na/c1-15-7-12-23(34-14-17-8-10-18(11-9-17)35-28(29)30)24-20(27(32)33)13-21(31-25(15)24)26-16(2)19-5-3-4-6-22(19)36-26;/h3-13,28H,14H2,1-2H3,(H,32,33);/q;+1/p-1. The number of rotatable bonds is 7. The number of hydrogen-bond donors (Lipinski definition) is 0. The number of furan rings is 1.